The third kappa shape index (κ3) is 3.29. The third-order valence-corrected chi connectivity index (χ3v) is 7.42. The van der Waals surface area contributed by atoms with Gasteiger partial charge in [0, 0.05) is 12.1 Å². The fraction of sp³-hybridized carbons (Fsp3) is 0.261. The van der Waals surface area contributed by atoms with Crippen LogP contribution in [0.2, 0.25) is 0 Å². The summed E-state index contributed by atoms with van der Waals surface area (Å²) in [6, 6.07) is 5.95. The van der Waals surface area contributed by atoms with Crippen molar-refractivity contribution in [1.29, 1.82) is 0 Å². The smallest absolute Gasteiger partial charge is 0.257 e. The van der Waals surface area contributed by atoms with Crippen LogP contribution >= 0.6 is 11.2 Å². The first-order valence-electron chi connectivity index (χ1n) is 10.8. The number of carbonyl (C=O) groups is 1. The maximum Gasteiger partial charge on any atom is 0.257 e. The van der Waals surface area contributed by atoms with Crippen LogP contribution in [0.15, 0.2) is 47.8 Å². The highest BCUT2D eigenvalue weighted by molar-refractivity contribution is 8.20. The van der Waals surface area contributed by atoms with E-state index in [0.29, 0.717) is 40.5 Å². The van der Waals surface area contributed by atoms with Gasteiger partial charge in [-0.15, -0.1) is 11.7 Å². The zero-order valence-electron chi connectivity index (χ0n) is 17.7. The van der Waals surface area contributed by atoms with Crippen LogP contribution in [0.1, 0.15) is 46.8 Å². The molecule has 0 spiro atoms. The number of nitrogens with zero attached hydrogens (tertiary/aromatic N) is 4. The minimum Gasteiger partial charge on any atom is -0.382 e. The number of nitrogen functional groups attached to an aromatic ring is 1. The first-order chi connectivity index (χ1) is 16.2. The zero-order chi connectivity index (χ0) is 23.8. The Morgan fingerprint density at radius 2 is 1.91 bits per heavy atom. The van der Waals surface area contributed by atoms with E-state index in [1.54, 1.807) is 9.30 Å². The predicted octanol–water partition coefficient (Wildman–Crippen LogP) is 5.71. The van der Waals surface area contributed by atoms with Crippen molar-refractivity contribution in [2.24, 2.45) is 0 Å². The van der Waals surface area contributed by atoms with Crippen molar-refractivity contribution in [2.75, 3.05) is 5.73 Å². The standard InChI is InChI=1S/C23H19F4N5OS/c24-17-9-18-20(31-11-29-10-21(31)22(28)30-18)8-16(17)23(33)32(13-2-3-13)19-6-1-12-7-14(34(25,26)27)4-5-15(12)19/h4-5,7-11,13,19H,1-3,6H2,(H2,28,30)/t19-/m1/s1. The Kier molecular flexibility index (Phi) is 4.57. The number of halogens is 4. The summed E-state index contributed by atoms with van der Waals surface area (Å²) in [7, 11) is 0. The Hall–Kier alpha value is -3.34. The summed E-state index contributed by atoms with van der Waals surface area (Å²) in [5.74, 6) is -0.996. The number of benzene rings is 2. The van der Waals surface area contributed by atoms with E-state index in [0.717, 1.165) is 18.9 Å². The molecule has 6 rings (SSSR count). The Balaban J connectivity index is 1.42. The van der Waals surface area contributed by atoms with Crippen molar-refractivity contribution < 1.29 is 20.8 Å². The maximum absolute atomic E-state index is 15.2. The summed E-state index contributed by atoms with van der Waals surface area (Å²) < 4.78 is 56.5. The molecule has 34 heavy (non-hydrogen) atoms. The highest BCUT2D eigenvalue weighted by Crippen LogP contribution is 2.61. The summed E-state index contributed by atoms with van der Waals surface area (Å²) in [5.41, 5.74) is 8.47. The Morgan fingerprint density at radius 3 is 2.65 bits per heavy atom. The van der Waals surface area contributed by atoms with Crippen molar-refractivity contribution in [3.05, 3.63) is 65.4 Å². The van der Waals surface area contributed by atoms with Crippen molar-refractivity contribution in [3.8, 4) is 0 Å². The van der Waals surface area contributed by atoms with E-state index in [2.05, 4.69) is 9.97 Å². The molecule has 1 amide bonds. The van der Waals surface area contributed by atoms with Crippen LogP contribution in [0, 0.1) is 5.82 Å². The number of anilines is 1. The molecule has 0 unspecified atom stereocenters. The van der Waals surface area contributed by atoms with Gasteiger partial charge in [-0.2, -0.15) is 0 Å². The van der Waals surface area contributed by atoms with Crippen molar-refractivity contribution in [1.82, 2.24) is 19.3 Å². The van der Waals surface area contributed by atoms with Gasteiger partial charge in [-0.25, -0.2) is 14.4 Å². The lowest BCUT2D eigenvalue weighted by molar-refractivity contribution is 0.0653. The molecule has 2 aliphatic carbocycles. The van der Waals surface area contributed by atoms with E-state index < -0.39 is 27.8 Å². The number of nitrogens with two attached hydrogens (primary N) is 1. The van der Waals surface area contributed by atoms with Crippen LogP contribution in [0.4, 0.5) is 21.9 Å². The molecule has 2 aromatic carbocycles. The lowest BCUT2D eigenvalue weighted by Crippen LogP contribution is -2.36. The summed E-state index contributed by atoms with van der Waals surface area (Å²) in [6.45, 7) is 0. The number of rotatable bonds is 4. The zero-order valence-corrected chi connectivity index (χ0v) is 18.5. The first kappa shape index (κ1) is 21.2. The summed E-state index contributed by atoms with van der Waals surface area (Å²) in [4.78, 5) is 23.0. The molecule has 0 radical (unpaired) electrons. The Labute approximate surface area is 193 Å². The van der Waals surface area contributed by atoms with E-state index in [-0.39, 0.29) is 23.5 Å². The van der Waals surface area contributed by atoms with E-state index in [1.807, 2.05) is 0 Å². The number of imidazole rings is 1. The molecule has 6 nitrogen and oxygen atoms in total. The molecular formula is C23H19F4N5OS. The van der Waals surface area contributed by atoms with Gasteiger partial charge in [0.1, 0.15) is 17.2 Å². The fourth-order valence-corrected chi connectivity index (χ4v) is 5.42. The number of aryl methyl sites for hydroxylation is 1. The van der Waals surface area contributed by atoms with Gasteiger partial charge in [0.25, 0.3) is 5.91 Å². The molecule has 1 fully saturated rings. The molecule has 176 valence electrons. The van der Waals surface area contributed by atoms with Crippen LogP contribution in [0.25, 0.3) is 16.6 Å². The Morgan fingerprint density at radius 1 is 1.12 bits per heavy atom. The van der Waals surface area contributed by atoms with Gasteiger partial charge < -0.3 is 10.6 Å². The number of carbonyl (C=O) groups excluding carboxylic acids is 1. The third-order valence-electron chi connectivity index (χ3n) is 6.63. The number of amides is 1. The normalized spacial score (nSPS) is 18.4. The molecule has 4 aromatic rings. The Bertz CT molecular complexity index is 1480. The van der Waals surface area contributed by atoms with Gasteiger partial charge in [-0.05, 0) is 55.0 Å². The van der Waals surface area contributed by atoms with Crippen LogP contribution < -0.4 is 5.73 Å². The van der Waals surface area contributed by atoms with Gasteiger partial charge in [0.15, 0.2) is 0 Å². The number of hydrogen-bond donors (Lipinski definition) is 1. The molecule has 1 atom stereocenters. The molecule has 2 aliphatic rings. The van der Waals surface area contributed by atoms with Gasteiger partial charge in [-0.1, -0.05) is 6.07 Å². The number of fused-ring (bicyclic) bond motifs is 4. The second kappa shape index (κ2) is 7.33. The van der Waals surface area contributed by atoms with E-state index >= 15 is 4.39 Å². The minimum absolute atomic E-state index is 0.0655. The van der Waals surface area contributed by atoms with Gasteiger partial charge in [0.2, 0.25) is 11.2 Å². The molecule has 1 saturated carbocycles. The largest absolute Gasteiger partial charge is 0.382 e. The van der Waals surface area contributed by atoms with Crippen molar-refractivity contribution in [2.45, 2.75) is 42.7 Å². The lowest BCUT2D eigenvalue weighted by atomic mass is 10.0. The lowest BCUT2D eigenvalue weighted by Gasteiger charge is -2.30. The molecule has 0 aliphatic heterocycles. The highest BCUT2D eigenvalue weighted by atomic mass is 32.3. The predicted molar refractivity (Wildman–Crippen MR) is 121 cm³/mol. The molecule has 2 aromatic heterocycles. The number of hydrogen-bond acceptors (Lipinski definition) is 4. The fourth-order valence-electron chi connectivity index (χ4n) is 4.92. The van der Waals surface area contributed by atoms with Crippen LogP contribution in [0.5, 0.6) is 0 Å². The molecule has 0 bridgehead atoms. The average Bonchev–Trinajstić information content (AvgIpc) is 3.32. The van der Waals surface area contributed by atoms with Gasteiger partial charge >= 0.3 is 0 Å². The summed E-state index contributed by atoms with van der Waals surface area (Å²) in [6.07, 6.45) is 5.57. The second-order valence-corrected chi connectivity index (χ2v) is 10.0. The van der Waals surface area contributed by atoms with Crippen LogP contribution in [0.3, 0.4) is 0 Å². The van der Waals surface area contributed by atoms with Gasteiger partial charge in [0.05, 0.1) is 40.1 Å². The van der Waals surface area contributed by atoms with Crippen molar-refractivity contribution in [3.63, 3.8) is 0 Å². The average molecular weight is 489 g/mol. The second-order valence-electron chi connectivity index (χ2n) is 8.73. The highest BCUT2D eigenvalue weighted by Gasteiger charge is 2.42. The van der Waals surface area contributed by atoms with Crippen LogP contribution in [-0.2, 0) is 6.42 Å². The maximum atomic E-state index is 15.2. The molecule has 2 N–H and O–H groups in total. The first-order valence-corrected chi connectivity index (χ1v) is 12.1. The summed E-state index contributed by atoms with van der Waals surface area (Å²) in [5, 5.41) is 0. The number of aromatic nitrogens is 3. The minimum atomic E-state index is -5.32. The molecule has 2 heterocycles. The van der Waals surface area contributed by atoms with E-state index in [1.165, 1.54) is 36.8 Å². The monoisotopic (exact) mass is 489 g/mol. The molecular weight excluding hydrogens is 470 g/mol. The van der Waals surface area contributed by atoms with E-state index in [9.17, 15) is 16.5 Å². The van der Waals surface area contributed by atoms with E-state index in [4.69, 9.17) is 5.73 Å². The molecule has 11 heteroatoms. The van der Waals surface area contributed by atoms with Crippen molar-refractivity contribution >= 4 is 39.5 Å². The van der Waals surface area contributed by atoms with Crippen LogP contribution in [-0.4, -0.2) is 31.2 Å². The molecule has 0 saturated heterocycles. The quantitative estimate of drug-likeness (QED) is 0.373. The SMILES string of the molecule is Nc1nc2cc(F)c(C(=O)N(C3CC3)[C@@H]3CCc4cc(S(F)(F)F)ccc43)cc2n2cncc12. The van der Waals surface area contributed by atoms with Gasteiger partial charge in [-0.3, -0.25) is 9.20 Å². The summed E-state index contributed by atoms with van der Waals surface area (Å²) >= 11 is -5.32. The topological polar surface area (TPSA) is 76.5 Å².